The number of carbonyl (C=O) groups excluding carboxylic acids is 2. The number of thiol groups is 1. The van der Waals surface area contributed by atoms with Crippen LogP contribution >= 0.6 is 12.6 Å². The maximum Gasteiger partial charge on any atom is 0.318 e. The van der Waals surface area contributed by atoms with Gasteiger partial charge in [0.25, 0.3) is 0 Å². The van der Waals surface area contributed by atoms with E-state index in [4.69, 9.17) is 0 Å². The van der Waals surface area contributed by atoms with Crippen LogP contribution in [0.15, 0.2) is 0 Å². The molecule has 1 unspecified atom stereocenters. The molecule has 1 atom stereocenters. The molecule has 0 aliphatic heterocycles. The minimum atomic E-state index is -0.604. The summed E-state index contributed by atoms with van der Waals surface area (Å²) in [6.07, 6.45) is 0.598. The maximum atomic E-state index is 10.8. The third-order valence-corrected chi connectivity index (χ3v) is 1.68. The second-order valence-corrected chi connectivity index (χ2v) is 2.76. The van der Waals surface area contributed by atoms with Crippen LogP contribution in [-0.2, 0) is 14.3 Å². The molecule has 0 fully saturated rings. The van der Waals surface area contributed by atoms with Crippen molar-refractivity contribution >= 4 is 24.4 Å². The molecular formula is C7H12O3S. The Labute approximate surface area is 71.5 Å². The average Bonchev–Trinajstić information content (AvgIpc) is 2.02. The lowest BCUT2D eigenvalue weighted by Gasteiger charge is -2.05. The van der Waals surface area contributed by atoms with E-state index in [1.54, 1.807) is 6.92 Å². The summed E-state index contributed by atoms with van der Waals surface area (Å²) in [7, 11) is 1.28. The molecule has 0 aromatic carbocycles. The number of ketones is 1. The topological polar surface area (TPSA) is 43.4 Å². The van der Waals surface area contributed by atoms with Crippen LogP contribution in [-0.4, -0.2) is 24.1 Å². The first-order chi connectivity index (χ1) is 5.11. The molecule has 0 saturated heterocycles. The Morgan fingerprint density at radius 3 is 2.45 bits per heavy atom. The Morgan fingerprint density at radius 2 is 2.09 bits per heavy atom. The van der Waals surface area contributed by atoms with E-state index < -0.39 is 11.2 Å². The minimum Gasteiger partial charge on any atom is -0.468 e. The molecule has 11 heavy (non-hydrogen) atoms. The highest BCUT2D eigenvalue weighted by Gasteiger charge is 2.16. The van der Waals surface area contributed by atoms with Gasteiger partial charge in [0.05, 0.1) is 7.11 Å². The number of hydrogen-bond donors (Lipinski definition) is 1. The summed E-state index contributed by atoms with van der Waals surface area (Å²) in [4.78, 5) is 21.5. The number of esters is 1. The molecular weight excluding hydrogens is 164 g/mol. The number of rotatable bonds is 4. The highest BCUT2D eigenvalue weighted by Crippen LogP contribution is 2.05. The Bertz CT molecular complexity index is 156. The number of ether oxygens (including phenoxy) is 1. The molecule has 64 valence electrons. The average molecular weight is 176 g/mol. The molecule has 0 amide bonds. The van der Waals surface area contributed by atoms with Crippen molar-refractivity contribution in [3.8, 4) is 0 Å². The van der Waals surface area contributed by atoms with Crippen LogP contribution in [0.5, 0.6) is 0 Å². The Balaban J connectivity index is 3.77. The van der Waals surface area contributed by atoms with E-state index in [1.807, 2.05) is 0 Å². The first-order valence-electron chi connectivity index (χ1n) is 3.39. The standard InChI is InChI=1S/C7H12O3S/c1-3-5(8)4-6(11)7(9)10-2/h6,11H,3-4H2,1-2H3. The Kier molecular flexibility index (Phi) is 4.94. The molecule has 0 radical (unpaired) electrons. The number of methoxy groups -OCH3 is 1. The lowest BCUT2D eigenvalue weighted by Crippen LogP contribution is -2.19. The van der Waals surface area contributed by atoms with Crippen LogP contribution in [0, 0.1) is 0 Å². The van der Waals surface area contributed by atoms with Gasteiger partial charge in [0.15, 0.2) is 0 Å². The lowest BCUT2D eigenvalue weighted by molar-refractivity contribution is -0.141. The van der Waals surface area contributed by atoms with Crippen LogP contribution < -0.4 is 0 Å². The van der Waals surface area contributed by atoms with Crippen LogP contribution in [0.1, 0.15) is 19.8 Å². The van der Waals surface area contributed by atoms with Gasteiger partial charge < -0.3 is 4.74 Å². The zero-order valence-corrected chi connectivity index (χ0v) is 7.56. The van der Waals surface area contributed by atoms with E-state index in [2.05, 4.69) is 17.4 Å². The van der Waals surface area contributed by atoms with E-state index in [9.17, 15) is 9.59 Å². The molecule has 0 aromatic rings. The highest BCUT2D eigenvalue weighted by molar-refractivity contribution is 7.81. The van der Waals surface area contributed by atoms with E-state index >= 15 is 0 Å². The predicted molar refractivity (Wildman–Crippen MR) is 44.7 cm³/mol. The van der Waals surface area contributed by atoms with Gasteiger partial charge in [-0.3, -0.25) is 9.59 Å². The van der Waals surface area contributed by atoms with E-state index in [1.165, 1.54) is 7.11 Å². The first kappa shape index (κ1) is 10.5. The molecule has 0 aliphatic carbocycles. The molecule has 0 heterocycles. The van der Waals surface area contributed by atoms with Gasteiger partial charge in [-0.2, -0.15) is 12.6 Å². The summed E-state index contributed by atoms with van der Waals surface area (Å²) in [5.74, 6) is -0.425. The normalized spacial score (nSPS) is 12.3. The summed E-state index contributed by atoms with van der Waals surface area (Å²) in [6, 6.07) is 0. The Morgan fingerprint density at radius 1 is 1.55 bits per heavy atom. The van der Waals surface area contributed by atoms with Gasteiger partial charge in [0.2, 0.25) is 0 Å². The highest BCUT2D eigenvalue weighted by atomic mass is 32.1. The van der Waals surface area contributed by atoms with E-state index in [0.29, 0.717) is 6.42 Å². The largest absolute Gasteiger partial charge is 0.468 e. The molecule has 0 saturated carbocycles. The number of hydrogen-bond acceptors (Lipinski definition) is 4. The third kappa shape index (κ3) is 4.03. The molecule has 0 N–H and O–H groups in total. The second-order valence-electron chi connectivity index (χ2n) is 2.14. The zero-order valence-electron chi connectivity index (χ0n) is 6.66. The van der Waals surface area contributed by atoms with Gasteiger partial charge in [-0.25, -0.2) is 0 Å². The van der Waals surface area contributed by atoms with Crippen molar-refractivity contribution in [3.63, 3.8) is 0 Å². The monoisotopic (exact) mass is 176 g/mol. The first-order valence-corrected chi connectivity index (χ1v) is 3.91. The zero-order chi connectivity index (χ0) is 8.85. The van der Waals surface area contributed by atoms with Crippen LogP contribution in [0.2, 0.25) is 0 Å². The van der Waals surface area contributed by atoms with Crippen molar-refractivity contribution in [3.05, 3.63) is 0 Å². The summed E-state index contributed by atoms with van der Waals surface area (Å²) in [6.45, 7) is 1.75. The lowest BCUT2D eigenvalue weighted by atomic mass is 10.2. The summed E-state index contributed by atoms with van der Waals surface area (Å²) < 4.78 is 4.39. The van der Waals surface area contributed by atoms with E-state index in [-0.39, 0.29) is 12.2 Å². The quantitative estimate of drug-likeness (QED) is 0.509. The molecule has 0 aliphatic rings. The molecule has 0 spiro atoms. The SMILES string of the molecule is CCC(=O)CC(S)C(=O)OC. The summed E-state index contributed by atoms with van der Waals surface area (Å²) in [5, 5.41) is -0.604. The molecule has 3 nitrogen and oxygen atoms in total. The molecule has 0 aromatic heterocycles. The maximum absolute atomic E-state index is 10.8. The fourth-order valence-corrected chi connectivity index (χ4v) is 0.888. The smallest absolute Gasteiger partial charge is 0.318 e. The fourth-order valence-electron chi connectivity index (χ4n) is 0.579. The van der Waals surface area contributed by atoms with E-state index in [0.717, 1.165) is 0 Å². The van der Waals surface area contributed by atoms with Crippen molar-refractivity contribution in [1.29, 1.82) is 0 Å². The second kappa shape index (κ2) is 5.18. The van der Waals surface area contributed by atoms with Gasteiger partial charge in [0, 0.05) is 12.8 Å². The van der Waals surface area contributed by atoms with Crippen molar-refractivity contribution in [2.75, 3.05) is 7.11 Å². The minimum absolute atomic E-state index is 0.0235. The fraction of sp³-hybridized carbons (Fsp3) is 0.714. The van der Waals surface area contributed by atoms with Gasteiger partial charge in [0.1, 0.15) is 11.0 Å². The van der Waals surface area contributed by atoms with Gasteiger partial charge in [-0.05, 0) is 0 Å². The van der Waals surface area contributed by atoms with Gasteiger partial charge >= 0.3 is 5.97 Å². The van der Waals surface area contributed by atoms with Crippen molar-refractivity contribution in [2.24, 2.45) is 0 Å². The van der Waals surface area contributed by atoms with Crippen molar-refractivity contribution in [2.45, 2.75) is 25.0 Å². The van der Waals surface area contributed by atoms with Gasteiger partial charge in [-0.15, -0.1) is 0 Å². The molecule has 0 bridgehead atoms. The molecule has 4 heteroatoms. The van der Waals surface area contributed by atoms with Crippen molar-refractivity contribution in [1.82, 2.24) is 0 Å². The van der Waals surface area contributed by atoms with Crippen LogP contribution in [0.25, 0.3) is 0 Å². The Hall–Kier alpha value is -0.510. The van der Waals surface area contributed by atoms with Crippen molar-refractivity contribution < 1.29 is 14.3 Å². The third-order valence-electron chi connectivity index (χ3n) is 1.29. The van der Waals surface area contributed by atoms with Gasteiger partial charge in [-0.1, -0.05) is 6.92 Å². The summed E-state index contributed by atoms with van der Waals surface area (Å²) in [5.41, 5.74) is 0. The number of carbonyl (C=O) groups is 2. The molecule has 0 rings (SSSR count). The van der Waals surface area contributed by atoms with Crippen LogP contribution in [0.3, 0.4) is 0 Å². The van der Waals surface area contributed by atoms with Crippen LogP contribution in [0.4, 0.5) is 0 Å². The summed E-state index contributed by atoms with van der Waals surface area (Å²) >= 11 is 3.90. The predicted octanol–water partition coefficient (Wildman–Crippen LogP) is 0.827. The number of Topliss-reactive ketones (excluding diaryl/α,β-unsaturated/α-hetero) is 1.